The van der Waals surface area contributed by atoms with Crippen LogP contribution in [0.3, 0.4) is 0 Å². The highest BCUT2D eigenvalue weighted by molar-refractivity contribution is 7.09. The van der Waals surface area contributed by atoms with Gasteiger partial charge in [0.25, 0.3) is 0 Å². The Labute approximate surface area is 116 Å². The fourth-order valence-corrected chi connectivity index (χ4v) is 2.68. The van der Waals surface area contributed by atoms with Crippen molar-refractivity contribution in [1.29, 1.82) is 5.41 Å². The molecule has 0 aliphatic rings. The molecule has 0 atom stereocenters. The molecule has 0 aliphatic carbocycles. The van der Waals surface area contributed by atoms with Crippen LogP contribution in [0.2, 0.25) is 0 Å². The van der Waals surface area contributed by atoms with E-state index in [-0.39, 0.29) is 11.7 Å². The van der Waals surface area contributed by atoms with Gasteiger partial charge >= 0.3 is 0 Å². The van der Waals surface area contributed by atoms with Crippen molar-refractivity contribution in [2.45, 2.75) is 13.5 Å². The van der Waals surface area contributed by atoms with Crippen LogP contribution in [0.5, 0.6) is 0 Å². The zero-order valence-electron chi connectivity index (χ0n) is 10.7. The first kappa shape index (κ1) is 13.5. The average molecular weight is 277 g/mol. The predicted octanol–water partition coefficient (Wildman–Crippen LogP) is 3.20. The van der Waals surface area contributed by atoms with Crippen molar-refractivity contribution in [3.05, 3.63) is 52.0 Å². The molecule has 3 N–H and O–H groups in total. The zero-order valence-corrected chi connectivity index (χ0v) is 11.5. The third kappa shape index (κ3) is 3.12. The fraction of sp³-hybridized carbons (Fsp3) is 0.214. The topological polar surface area (TPSA) is 53.1 Å². The maximum absolute atomic E-state index is 13.3. The summed E-state index contributed by atoms with van der Waals surface area (Å²) in [5.41, 5.74) is 6.78. The van der Waals surface area contributed by atoms with Crippen molar-refractivity contribution in [3.8, 4) is 0 Å². The van der Waals surface area contributed by atoms with Crippen LogP contribution in [-0.4, -0.2) is 12.4 Å². The lowest BCUT2D eigenvalue weighted by Crippen LogP contribution is -2.25. The summed E-state index contributed by atoms with van der Waals surface area (Å²) in [6, 6.07) is 8.46. The summed E-state index contributed by atoms with van der Waals surface area (Å²) in [5, 5.41) is 9.61. The van der Waals surface area contributed by atoms with Crippen LogP contribution in [0.15, 0.2) is 35.7 Å². The highest BCUT2D eigenvalue weighted by Crippen LogP contribution is 2.24. The van der Waals surface area contributed by atoms with Crippen molar-refractivity contribution in [2.75, 3.05) is 11.4 Å². The molecular formula is C14H16FN3S. The van der Waals surface area contributed by atoms with Gasteiger partial charge in [-0.05, 0) is 36.6 Å². The lowest BCUT2D eigenvalue weighted by Gasteiger charge is -2.25. The lowest BCUT2D eigenvalue weighted by atomic mass is 10.1. The Bertz CT molecular complexity index is 566. The number of nitrogens with one attached hydrogen (secondary N) is 1. The summed E-state index contributed by atoms with van der Waals surface area (Å²) in [6.07, 6.45) is 0. The van der Waals surface area contributed by atoms with Gasteiger partial charge in [-0.25, -0.2) is 4.39 Å². The molecule has 0 spiro atoms. The van der Waals surface area contributed by atoms with E-state index in [0.717, 1.165) is 18.8 Å². The van der Waals surface area contributed by atoms with Gasteiger partial charge in [-0.2, -0.15) is 0 Å². The van der Waals surface area contributed by atoms with Gasteiger partial charge in [-0.15, -0.1) is 11.3 Å². The first-order chi connectivity index (χ1) is 9.11. The molecule has 0 bridgehead atoms. The molecule has 0 amide bonds. The summed E-state index contributed by atoms with van der Waals surface area (Å²) >= 11 is 1.68. The predicted molar refractivity (Wildman–Crippen MR) is 78.5 cm³/mol. The maximum atomic E-state index is 13.3. The number of benzene rings is 1. The Morgan fingerprint density at radius 2 is 2.21 bits per heavy atom. The maximum Gasteiger partial charge on any atom is 0.125 e. The first-order valence-electron chi connectivity index (χ1n) is 6.03. The van der Waals surface area contributed by atoms with E-state index >= 15 is 0 Å². The number of nitrogen functional groups attached to an aromatic ring is 1. The Kier molecular flexibility index (Phi) is 4.16. The van der Waals surface area contributed by atoms with E-state index in [0.29, 0.717) is 5.56 Å². The number of rotatable bonds is 5. The van der Waals surface area contributed by atoms with Crippen LogP contribution in [0, 0.1) is 11.2 Å². The third-order valence-electron chi connectivity index (χ3n) is 2.90. The molecule has 1 aromatic heterocycles. The number of hydrogen-bond donors (Lipinski definition) is 2. The van der Waals surface area contributed by atoms with Gasteiger partial charge in [-0.3, -0.25) is 5.41 Å². The van der Waals surface area contributed by atoms with E-state index in [4.69, 9.17) is 11.1 Å². The van der Waals surface area contributed by atoms with Crippen molar-refractivity contribution < 1.29 is 4.39 Å². The van der Waals surface area contributed by atoms with Crippen LogP contribution in [0.4, 0.5) is 10.1 Å². The molecule has 0 aliphatic heterocycles. The molecule has 3 nitrogen and oxygen atoms in total. The van der Waals surface area contributed by atoms with Gasteiger partial charge in [0.2, 0.25) is 0 Å². The van der Waals surface area contributed by atoms with E-state index < -0.39 is 0 Å². The average Bonchev–Trinajstić information content (AvgIpc) is 2.89. The molecule has 0 saturated carbocycles. The monoisotopic (exact) mass is 277 g/mol. The summed E-state index contributed by atoms with van der Waals surface area (Å²) in [6.45, 7) is 3.53. The van der Waals surface area contributed by atoms with Crippen LogP contribution in [0.1, 0.15) is 17.4 Å². The molecule has 0 radical (unpaired) electrons. The second-order valence-electron chi connectivity index (χ2n) is 4.17. The quantitative estimate of drug-likeness (QED) is 0.651. The number of halogens is 1. The highest BCUT2D eigenvalue weighted by Gasteiger charge is 2.13. The first-order valence-corrected chi connectivity index (χ1v) is 6.91. The van der Waals surface area contributed by atoms with Gasteiger partial charge < -0.3 is 10.6 Å². The zero-order chi connectivity index (χ0) is 13.8. The van der Waals surface area contributed by atoms with Gasteiger partial charge in [-0.1, -0.05) is 6.07 Å². The van der Waals surface area contributed by atoms with Crippen molar-refractivity contribution >= 4 is 22.9 Å². The number of anilines is 1. The Hall–Kier alpha value is -1.88. The number of hydrogen-bond acceptors (Lipinski definition) is 3. The SMILES string of the molecule is CCN(Cc1cccs1)c1ccc(F)cc1C(=N)N. The molecule has 100 valence electrons. The van der Waals surface area contributed by atoms with Crippen LogP contribution in [-0.2, 0) is 6.54 Å². The minimum Gasteiger partial charge on any atom is -0.384 e. The van der Waals surface area contributed by atoms with Crippen molar-refractivity contribution in [3.63, 3.8) is 0 Å². The number of thiophene rings is 1. The van der Waals surface area contributed by atoms with E-state index in [1.807, 2.05) is 18.4 Å². The lowest BCUT2D eigenvalue weighted by molar-refractivity contribution is 0.627. The Morgan fingerprint density at radius 3 is 2.79 bits per heavy atom. The molecule has 19 heavy (non-hydrogen) atoms. The molecule has 2 rings (SSSR count). The van der Waals surface area contributed by atoms with Crippen molar-refractivity contribution in [1.82, 2.24) is 0 Å². The van der Waals surface area contributed by atoms with Crippen LogP contribution >= 0.6 is 11.3 Å². The molecule has 0 fully saturated rings. The van der Waals surface area contributed by atoms with E-state index in [2.05, 4.69) is 11.0 Å². The standard InChI is InChI=1S/C14H16FN3S/c1-2-18(9-11-4-3-7-19-11)13-6-5-10(15)8-12(13)14(16)17/h3-8H,2,9H2,1H3,(H3,16,17). The summed E-state index contributed by atoms with van der Waals surface area (Å²) in [5.74, 6) is -0.486. The highest BCUT2D eigenvalue weighted by atomic mass is 32.1. The molecular weight excluding hydrogens is 261 g/mol. The minimum absolute atomic E-state index is 0.112. The smallest absolute Gasteiger partial charge is 0.125 e. The summed E-state index contributed by atoms with van der Waals surface area (Å²) < 4.78 is 13.3. The van der Waals surface area contributed by atoms with Crippen LogP contribution in [0.25, 0.3) is 0 Å². The van der Waals surface area contributed by atoms with Crippen LogP contribution < -0.4 is 10.6 Å². The number of nitrogens with zero attached hydrogens (tertiary/aromatic N) is 1. The molecule has 2 aromatic rings. The normalized spacial score (nSPS) is 10.4. The second-order valence-corrected chi connectivity index (χ2v) is 5.20. The number of nitrogens with two attached hydrogens (primary N) is 1. The van der Waals surface area contributed by atoms with E-state index in [9.17, 15) is 4.39 Å². The largest absolute Gasteiger partial charge is 0.384 e. The second kappa shape index (κ2) is 5.84. The van der Waals surface area contributed by atoms with Gasteiger partial charge in [0.05, 0.1) is 6.54 Å². The minimum atomic E-state index is -0.374. The van der Waals surface area contributed by atoms with Gasteiger partial charge in [0, 0.05) is 22.7 Å². The summed E-state index contributed by atoms with van der Waals surface area (Å²) in [7, 11) is 0. The van der Waals surface area contributed by atoms with Crippen molar-refractivity contribution in [2.24, 2.45) is 5.73 Å². The third-order valence-corrected chi connectivity index (χ3v) is 3.76. The number of amidine groups is 1. The van der Waals surface area contributed by atoms with E-state index in [1.54, 1.807) is 17.4 Å². The molecule has 5 heteroatoms. The van der Waals surface area contributed by atoms with Gasteiger partial charge in [0.15, 0.2) is 0 Å². The molecule has 0 unspecified atom stereocenters. The van der Waals surface area contributed by atoms with E-state index in [1.165, 1.54) is 17.0 Å². The van der Waals surface area contributed by atoms with Gasteiger partial charge in [0.1, 0.15) is 11.7 Å². The Balaban J connectivity index is 2.35. The molecule has 0 saturated heterocycles. The Morgan fingerprint density at radius 1 is 1.42 bits per heavy atom. The molecule has 1 aromatic carbocycles. The molecule has 1 heterocycles. The summed E-state index contributed by atoms with van der Waals surface area (Å²) in [4.78, 5) is 3.31. The fourth-order valence-electron chi connectivity index (χ4n) is 1.96.